The molecule has 0 aliphatic heterocycles. The van der Waals surface area contributed by atoms with Gasteiger partial charge in [-0.1, -0.05) is 11.8 Å². The highest BCUT2D eigenvalue weighted by Gasteiger charge is 2.28. The Bertz CT molecular complexity index is 452. The molecule has 104 valence electrons. The maximum Gasteiger partial charge on any atom is 0.522 e. The summed E-state index contributed by atoms with van der Waals surface area (Å²) in [5.74, 6) is 5.74. The fourth-order valence-electron chi connectivity index (χ4n) is 1.10. The number of aromatic nitrogens is 1. The van der Waals surface area contributed by atoms with E-state index in [1.807, 2.05) is 0 Å². The molecule has 0 fully saturated rings. The van der Waals surface area contributed by atoms with Crippen LogP contribution in [0.5, 0.6) is 5.75 Å². The van der Waals surface area contributed by atoms with E-state index in [9.17, 15) is 13.2 Å². The van der Waals surface area contributed by atoms with Crippen molar-refractivity contribution in [1.82, 2.24) is 4.98 Å². The molecule has 0 aliphatic rings. The van der Waals surface area contributed by atoms with Crippen LogP contribution in [-0.4, -0.2) is 36.3 Å². The van der Waals surface area contributed by atoms with Crippen LogP contribution in [0.25, 0.3) is 0 Å². The minimum Gasteiger partial charge on any atom is -0.490 e. The molecule has 1 heterocycles. The van der Waals surface area contributed by atoms with E-state index in [2.05, 4.69) is 21.6 Å². The fourth-order valence-corrected chi connectivity index (χ4v) is 1.10. The van der Waals surface area contributed by atoms with Crippen LogP contribution in [0.15, 0.2) is 18.5 Å². The average molecular weight is 275 g/mol. The molecule has 4 nitrogen and oxygen atoms in total. The number of ether oxygens (including phenoxy) is 2. The minimum atomic E-state index is -4.65. The lowest BCUT2D eigenvalue weighted by Crippen LogP contribution is -2.18. The van der Waals surface area contributed by atoms with Gasteiger partial charge < -0.3 is 9.84 Å². The van der Waals surface area contributed by atoms with Gasteiger partial charge in [-0.15, -0.1) is 13.2 Å². The summed E-state index contributed by atoms with van der Waals surface area (Å²) in [6.07, 6.45) is -1.46. The lowest BCUT2D eigenvalue weighted by Gasteiger charge is -2.08. The summed E-state index contributed by atoms with van der Waals surface area (Å²) >= 11 is 0. The van der Waals surface area contributed by atoms with Gasteiger partial charge in [-0.25, -0.2) is 0 Å². The van der Waals surface area contributed by atoms with Crippen LogP contribution < -0.4 is 4.74 Å². The molecular formula is C12H12F3NO3. The average Bonchev–Trinajstić information content (AvgIpc) is 2.35. The first kappa shape index (κ1) is 15.3. The highest BCUT2D eigenvalue weighted by Crippen LogP contribution is 2.16. The number of alkyl halides is 3. The van der Waals surface area contributed by atoms with Crippen LogP contribution in [0.4, 0.5) is 13.2 Å². The summed E-state index contributed by atoms with van der Waals surface area (Å²) in [6.45, 7) is -0.871. The van der Waals surface area contributed by atoms with Crippen molar-refractivity contribution < 1.29 is 27.8 Å². The Morgan fingerprint density at radius 3 is 2.74 bits per heavy atom. The zero-order valence-electron chi connectivity index (χ0n) is 9.91. The Labute approximate surface area is 108 Å². The van der Waals surface area contributed by atoms with Crippen molar-refractivity contribution >= 4 is 0 Å². The summed E-state index contributed by atoms with van der Waals surface area (Å²) in [7, 11) is 0. The molecule has 0 saturated heterocycles. The number of hydrogen-bond acceptors (Lipinski definition) is 4. The van der Waals surface area contributed by atoms with Gasteiger partial charge in [0.25, 0.3) is 0 Å². The van der Waals surface area contributed by atoms with Gasteiger partial charge in [0.1, 0.15) is 12.4 Å². The monoisotopic (exact) mass is 275 g/mol. The molecule has 0 bridgehead atoms. The Kier molecular flexibility index (Phi) is 6.12. The molecular weight excluding hydrogens is 263 g/mol. The smallest absolute Gasteiger partial charge is 0.490 e. The van der Waals surface area contributed by atoms with Gasteiger partial charge in [-0.2, -0.15) is 0 Å². The molecule has 0 radical (unpaired) electrons. The fraction of sp³-hybridized carbons (Fsp3) is 0.417. The lowest BCUT2D eigenvalue weighted by atomic mass is 10.2. The lowest BCUT2D eigenvalue weighted by molar-refractivity contribution is -0.325. The van der Waals surface area contributed by atoms with E-state index in [0.29, 0.717) is 17.7 Å². The number of nitrogens with zero attached hydrogens (tertiary/aromatic N) is 1. The quantitative estimate of drug-likeness (QED) is 0.657. The normalized spacial score (nSPS) is 10.7. The van der Waals surface area contributed by atoms with Crippen molar-refractivity contribution in [2.24, 2.45) is 0 Å². The molecule has 0 amide bonds. The van der Waals surface area contributed by atoms with Crippen molar-refractivity contribution in [3.63, 3.8) is 0 Å². The van der Waals surface area contributed by atoms with Crippen LogP contribution in [-0.2, 0) is 4.74 Å². The predicted molar refractivity (Wildman–Crippen MR) is 60.3 cm³/mol. The zero-order chi connectivity index (χ0) is 14.1. The Morgan fingerprint density at radius 2 is 2.05 bits per heavy atom. The van der Waals surface area contributed by atoms with Crippen LogP contribution in [0, 0.1) is 11.8 Å². The first-order chi connectivity index (χ1) is 9.01. The highest BCUT2D eigenvalue weighted by molar-refractivity contribution is 5.36. The van der Waals surface area contributed by atoms with Gasteiger partial charge in [-0.05, 0) is 6.07 Å². The molecule has 0 unspecified atom stereocenters. The van der Waals surface area contributed by atoms with Crippen molar-refractivity contribution in [3.05, 3.63) is 24.0 Å². The summed E-state index contributed by atoms with van der Waals surface area (Å²) in [4.78, 5) is 3.84. The summed E-state index contributed by atoms with van der Waals surface area (Å²) in [5.41, 5.74) is 0.558. The number of rotatable bonds is 5. The number of pyridine rings is 1. The predicted octanol–water partition coefficient (Wildman–Crippen LogP) is 1.73. The molecule has 0 aromatic carbocycles. The second-order valence-electron chi connectivity index (χ2n) is 3.33. The third-order valence-corrected chi connectivity index (χ3v) is 1.80. The van der Waals surface area contributed by atoms with E-state index in [1.165, 1.54) is 12.4 Å². The second-order valence-corrected chi connectivity index (χ2v) is 3.33. The van der Waals surface area contributed by atoms with Crippen molar-refractivity contribution in [2.45, 2.75) is 12.8 Å². The first-order valence-electron chi connectivity index (χ1n) is 5.39. The van der Waals surface area contributed by atoms with Crippen molar-refractivity contribution in [3.8, 4) is 17.6 Å². The molecule has 0 spiro atoms. The van der Waals surface area contributed by atoms with E-state index in [4.69, 9.17) is 9.84 Å². The minimum absolute atomic E-state index is 0.0363. The maximum atomic E-state index is 11.7. The molecule has 19 heavy (non-hydrogen) atoms. The largest absolute Gasteiger partial charge is 0.522 e. The van der Waals surface area contributed by atoms with Crippen molar-refractivity contribution in [1.29, 1.82) is 0 Å². The maximum absolute atomic E-state index is 11.7. The number of halogens is 3. The molecule has 0 aliphatic carbocycles. The first-order valence-corrected chi connectivity index (χ1v) is 5.39. The van der Waals surface area contributed by atoms with Gasteiger partial charge in [0, 0.05) is 18.2 Å². The zero-order valence-corrected chi connectivity index (χ0v) is 9.91. The summed E-state index contributed by atoms with van der Waals surface area (Å²) in [5, 5.41) is 8.56. The van der Waals surface area contributed by atoms with Crippen molar-refractivity contribution in [2.75, 3.05) is 19.8 Å². The molecule has 1 N–H and O–H groups in total. The topological polar surface area (TPSA) is 51.6 Å². The van der Waals surface area contributed by atoms with E-state index < -0.39 is 13.0 Å². The highest BCUT2D eigenvalue weighted by atomic mass is 19.4. The Hall–Kier alpha value is -1.78. The van der Waals surface area contributed by atoms with E-state index >= 15 is 0 Å². The van der Waals surface area contributed by atoms with Gasteiger partial charge in [0.2, 0.25) is 0 Å². The van der Waals surface area contributed by atoms with Crippen LogP contribution in [0.2, 0.25) is 0 Å². The van der Waals surface area contributed by atoms with Gasteiger partial charge >= 0.3 is 6.36 Å². The third kappa shape index (κ3) is 7.28. The van der Waals surface area contributed by atoms with Gasteiger partial charge in [0.15, 0.2) is 0 Å². The molecule has 0 saturated carbocycles. The number of aliphatic hydroxyl groups is 1. The standard InChI is InChI=1S/C12H12F3NO3/c13-12(14,15)19-6-5-18-11-7-10(8-16-9-11)3-1-2-4-17/h7-9,17H,2,4-6H2. The summed E-state index contributed by atoms with van der Waals surface area (Å²) < 4.78 is 43.7. The van der Waals surface area contributed by atoms with Crippen LogP contribution in [0.1, 0.15) is 12.0 Å². The molecule has 1 aromatic heterocycles. The van der Waals surface area contributed by atoms with Gasteiger partial charge in [0.05, 0.1) is 19.4 Å². The second kappa shape index (κ2) is 7.61. The summed E-state index contributed by atoms with van der Waals surface area (Å²) in [6, 6.07) is 1.55. The number of aliphatic hydroxyl groups excluding tert-OH is 1. The molecule has 7 heteroatoms. The van der Waals surface area contributed by atoms with E-state index in [-0.39, 0.29) is 13.2 Å². The Morgan fingerprint density at radius 1 is 1.26 bits per heavy atom. The van der Waals surface area contributed by atoms with E-state index in [1.54, 1.807) is 6.07 Å². The van der Waals surface area contributed by atoms with Crippen LogP contribution in [0.3, 0.4) is 0 Å². The van der Waals surface area contributed by atoms with Gasteiger partial charge in [-0.3, -0.25) is 9.72 Å². The molecule has 1 rings (SSSR count). The van der Waals surface area contributed by atoms with Crippen LogP contribution >= 0.6 is 0 Å². The molecule has 1 aromatic rings. The SMILES string of the molecule is OCCC#Cc1cncc(OCCOC(F)(F)F)c1. The third-order valence-electron chi connectivity index (χ3n) is 1.80. The number of hydrogen-bond donors (Lipinski definition) is 1. The molecule has 0 atom stereocenters. The Balaban J connectivity index is 2.43. The van der Waals surface area contributed by atoms with E-state index in [0.717, 1.165) is 0 Å².